The standard InChI is InChI=1S/2C24H23N5O.C2H6O/c2*1-4-29-18-8-6-5-7-15(18)16-11-14(9-10-19(16)29)20-17(12-25)23(26)30-24-21(20)22(13(2)3)27-28-24;1-2-3/h2*5-11,13,20H,4,26H2,1-3H3,(H,27,28);3H,2H2,1H3. The summed E-state index contributed by atoms with van der Waals surface area (Å²) >= 11 is 0. The molecule has 2 aliphatic rings. The van der Waals surface area contributed by atoms with Gasteiger partial charge in [-0.1, -0.05) is 76.2 Å². The normalized spacial score (nSPS) is 15.7. The molecule has 2 atom stereocenters. The maximum absolute atomic E-state index is 9.91. The Labute approximate surface area is 365 Å². The molecule has 7 N–H and O–H groups in total. The highest BCUT2D eigenvalue weighted by Gasteiger charge is 2.37. The van der Waals surface area contributed by atoms with E-state index < -0.39 is 0 Å². The minimum absolute atomic E-state index is 0.118. The van der Waals surface area contributed by atoms with E-state index in [1.54, 1.807) is 6.92 Å². The van der Waals surface area contributed by atoms with Gasteiger partial charge in [0.15, 0.2) is 0 Å². The first-order chi connectivity index (χ1) is 30.5. The number of fused-ring (bicyclic) bond motifs is 8. The number of ether oxygens (including phenoxy) is 2. The van der Waals surface area contributed by atoms with Crippen molar-refractivity contribution in [2.75, 3.05) is 6.61 Å². The van der Waals surface area contributed by atoms with Gasteiger partial charge in [0.1, 0.15) is 23.3 Å². The van der Waals surface area contributed by atoms with Crippen LogP contribution < -0.4 is 20.9 Å². The number of aromatic nitrogens is 6. The monoisotopic (exact) mass is 840 g/mol. The molecule has 0 amide bonds. The summed E-state index contributed by atoms with van der Waals surface area (Å²) in [5, 5.41) is 47.0. The van der Waals surface area contributed by atoms with Crippen molar-refractivity contribution in [2.24, 2.45) is 11.5 Å². The zero-order valence-electron chi connectivity index (χ0n) is 36.6. The van der Waals surface area contributed by atoms with Gasteiger partial charge in [0, 0.05) is 74.7 Å². The van der Waals surface area contributed by atoms with Crippen molar-refractivity contribution in [3.05, 3.63) is 141 Å². The van der Waals surface area contributed by atoms with Crippen LogP contribution in [-0.4, -0.2) is 41.2 Å². The summed E-state index contributed by atoms with van der Waals surface area (Å²) in [4.78, 5) is 0. The van der Waals surface area contributed by atoms with Crippen LogP contribution in [0.5, 0.6) is 11.8 Å². The molecule has 4 aromatic heterocycles. The summed E-state index contributed by atoms with van der Waals surface area (Å²) in [5.74, 6) is 0.925. The van der Waals surface area contributed by atoms with Crippen LogP contribution in [0.4, 0.5) is 0 Å². The van der Waals surface area contributed by atoms with Crippen molar-refractivity contribution in [2.45, 2.75) is 85.2 Å². The SMILES string of the molecule is CCO.CCn1c2ccccc2c2cc(C3C(C#N)=C(N)Oc4n[nH]c(C(C)C)c43)ccc21.CCn1c2ccccc2c2cc(C3C(C#N)=C(N)Oc4n[nH]c(C(C)C)c43)ccc21. The Morgan fingerprint density at radius 1 is 0.619 bits per heavy atom. The highest BCUT2D eigenvalue weighted by atomic mass is 16.5. The number of allylic oxidation sites excluding steroid dienone is 2. The fourth-order valence-corrected chi connectivity index (χ4v) is 9.27. The molecule has 0 aliphatic carbocycles. The first-order valence-corrected chi connectivity index (χ1v) is 21.4. The van der Waals surface area contributed by atoms with E-state index in [0.717, 1.165) is 46.7 Å². The molecule has 0 fully saturated rings. The van der Waals surface area contributed by atoms with E-state index in [2.05, 4.69) is 168 Å². The number of nitrogens with one attached hydrogen (secondary N) is 2. The van der Waals surface area contributed by atoms with Crippen LogP contribution in [0.3, 0.4) is 0 Å². The maximum Gasteiger partial charge on any atom is 0.244 e. The Morgan fingerprint density at radius 2 is 0.984 bits per heavy atom. The topological polar surface area (TPSA) is 206 Å². The number of para-hydroxylation sites is 2. The number of aliphatic hydroxyl groups excluding tert-OH is 1. The number of hydrogen-bond acceptors (Lipinski definition) is 9. The average molecular weight is 841 g/mol. The number of aromatic amines is 2. The number of nitriles is 2. The van der Waals surface area contributed by atoms with Gasteiger partial charge in [-0.25, -0.2) is 0 Å². The third-order valence-electron chi connectivity index (χ3n) is 12.0. The largest absolute Gasteiger partial charge is 0.420 e. The predicted molar refractivity (Wildman–Crippen MR) is 247 cm³/mol. The van der Waals surface area contributed by atoms with E-state index >= 15 is 0 Å². The fraction of sp³-hybridized carbons (Fsp3) is 0.280. The number of benzene rings is 4. The van der Waals surface area contributed by atoms with Gasteiger partial charge in [-0.15, -0.1) is 10.2 Å². The second-order valence-corrected chi connectivity index (χ2v) is 16.3. The summed E-state index contributed by atoms with van der Waals surface area (Å²) in [6.07, 6.45) is 0. The van der Waals surface area contributed by atoms with Gasteiger partial charge in [-0.3, -0.25) is 10.2 Å². The minimum Gasteiger partial charge on any atom is -0.420 e. The summed E-state index contributed by atoms with van der Waals surface area (Å²) in [6, 6.07) is 34.3. The molecule has 2 unspecified atom stereocenters. The van der Waals surface area contributed by atoms with Gasteiger partial charge < -0.3 is 35.2 Å². The average Bonchev–Trinajstić information content (AvgIpc) is 4.06. The van der Waals surface area contributed by atoms with Gasteiger partial charge in [0.05, 0.1) is 23.0 Å². The molecular weight excluding hydrogens is 789 g/mol. The summed E-state index contributed by atoms with van der Waals surface area (Å²) in [5.41, 5.74) is 23.6. The van der Waals surface area contributed by atoms with E-state index in [4.69, 9.17) is 26.0 Å². The van der Waals surface area contributed by atoms with Crippen LogP contribution in [-0.2, 0) is 13.1 Å². The van der Waals surface area contributed by atoms with E-state index in [1.807, 2.05) is 0 Å². The molecule has 63 heavy (non-hydrogen) atoms. The second kappa shape index (κ2) is 17.1. The second-order valence-electron chi connectivity index (χ2n) is 16.3. The van der Waals surface area contributed by atoms with Crippen molar-refractivity contribution in [1.29, 1.82) is 10.5 Å². The smallest absolute Gasteiger partial charge is 0.244 e. The van der Waals surface area contributed by atoms with Gasteiger partial charge in [0.2, 0.25) is 23.5 Å². The molecular formula is C50H52N10O3. The molecule has 0 bridgehead atoms. The lowest BCUT2D eigenvalue weighted by Gasteiger charge is -2.25. The van der Waals surface area contributed by atoms with Crippen LogP contribution >= 0.6 is 0 Å². The molecule has 13 heteroatoms. The molecule has 0 saturated carbocycles. The van der Waals surface area contributed by atoms with Gasteiger partial charge in [0.25, 0.3) is 0 Å². The van der Waals surface area contributed by atoms with Crippen LogP contribution in [0.15, 0.2) is 108 Å². The molecule has 0 radical (unpaired) electrons. The lowest BCUT2D eigenvalue weighted by molar-refractivity contribution is 0.318. The highest BCUT2D eigenvalue weighted by molar-refractivity contribution is 6.09. The number of nitrogens with zero attached hydrogens (tertiary/aromatic N) is 6. The van der Waals surface area contributed by atoms with Crippen LogP contribution in [0.1, 0.15) is 106 Å². The zero-order valence-corrected chi connectivity index (χ0v) is 36.6. The van der Waals surface area contributed by atoms with Crippen molar-refractivity contribution >= 4 is 43.6 Å². The Bertz CT molecular complexity index is 2970. The molecule has 13 nitrogen and oxygen atoms in total. The van der Waals surface area contributed by atoms with E-state index in [0.29, 0.717) is 22.9 Å². The summed E-state index contributed by atoms with van der Waals surface area (Å²) < 4.78 is 16.0. The fourth-order valence-electron chi connectivity index (χ4n) is 9.27. The van der Waals surface area contributed by atoms with Crippen LogP contribution in [0.25, 0.3) is 43.6 Å². The molecule has 8 aromatic rings. The highest BCUT2D eigenvalue weighted by Crippen LogP contribution is 2.47. The van der Waals surface area contributed by atoms with Crippen molar-refractivity contribution in [3.8, 4) is 23.9 Å². The van der Waals surface area contributed by atoms with Crippen molar-refractivity contribution < 1.29 is 14.6 Å². The molecule has 0 saturated heterocycles. The number of H-pyrrole nitrogens is 2. The van der Waals surface area contributed by atoms with Crippen LogP contribution in [0.2, 0.25) is 0 Å². The Kier molecular flexibility index (Phi) is 11.5. The Hall–Kier alpha value is -7.48. The third kappa shape index (κ3) is 7.01. The molecule has 320 valence electrons. The first-order valence-electron chi connectivity index (χ1n) is 21.4. The van der Waals surface area contributed by atoms with Gasteiger partial charge in [-0.2, -0.15) is 10.5 Å². The number of aliphatic hydroxyl groups is 1. The minimum atomic E-state index is -0.317. The maximum atomic E-state index is 9.91. The summed E-state index contributed by atoms with van der Waals surface area (Å²) in [6.45, 7) is 16.4. The molecule has 10 rings (SSSR count). The molecule has 4 aromatic carbocycles. The van der Waals surface area contributed by atoms with E-state index in [9.17, 15) is 10.5 Å². The first kappa shape index (κ1) is 42.2. The van der Waals surface area contributed by atoms with Gasteiger partial charge in [-0.05, 0) is 80.1 Å². The van der Waals surface area contributed by atoms with E-state index in [1.165, 1.54) is 43.6 Å². The molecule has 6 heterocycles. The van der Waals surface area contributed by atoms with E-state index in [-0.39, 0.29) is 42.0 Å². The predicted octanol–water partition coefficient (Wildman–Crippen LogP) is 9.76. The number of hydrogen-bond donors (Lipinski definition) is 5. The Morgan fingerprint density at radius 3 is 1.33 bits per heavy atom. The van der Waals surface area contributed by atoms with Gasteiger partial charge >= 0.3 is 0 Å². The quantitative estimate of drug-likeness (QED) is 0.108. The number of nitrogens with two attached hydrogens (primary N) is 2. The third-order valence-corrected chi connectivity index (χ3v) is 12.0. The number of aryl methyl sites for hydroxylation is 2. The van der Waals surface area contributed by atoms with Crippen molar-refractivity contribution in [1.82, 2.24) is 29.5 Å². The lowest BCUT2D eigenvalue weighted by atomic mass is 9.82. The molecule has 2 aliphatic heterocycles. The van der Waals surface area contributed by atoms with Crippen LogP contribution in [0, 0.1) is 22.7 Å². The zero-order chi connectivity index (χ0) is 44.7. The lowest BCUT2D eigenvalue weighted by Crippen LogP contribution is -2.21. The summed E-state index contributed by atoms with van der Waals surface area (Å²) in [7, 11) is 0. The molecule has 0 spiro atoms. The Balaban J connectivity index is 0.000000163. The van der Waals surface area contributed by atoms with Crippen molar-refractivity contribution in [3.63, 3.8) is 0 Å². The number of rotatable bonds is 6.